The Hall–Kier alpha value is -0.750. The molecule has 0 spiro atoms. The van der Waals surface area contributed by atoms with Crippen LogP contribution in [0, 0.1) is 0 Å². The van der Waals surface area contributed by atoms with Crippen LogP contribution < -0.4 is 5.32 Å². The van der Waals surface area contributed by atoms with E-state index in [1.807, 2.05) is 5.32 Å². The number of amides is 1. The van der Waals surface area contributed by atoms with Gasteiger partial charge in [0.2, 0.25) is 0 Å². The van der Waals surface area contributed by atoms with Crippen LogP contribution in [0.15, 0.2) is 0 Å². The van der Waals surface area contributed by atoms with Gasteiger partial charge in [-0.05, 0) is 0 Å². The van der Waals surface area contributed by atoms with Crippen molar-refractivity contribution < 1.29 is 23.0 Å². The number of hydrogen-bond acceptors (Lipinski definition) is 3. The molecule has 4 nitrogen and oxygen atoms in total. The van der Waals surface area contributed by atoms with Crippen LogP contribution in [0.1, 0.15) is 0 Å². The molecule has 6 heteroatoms. The smallest absolute Gasteiger partial charge is 0.315 e. The van der Waals surface area contributed by atoms with Gasteiger partial charge >= 0.3 is 6.43 Å². The Morgan fingerprint density at radius 2 is 2.08 bits per heavy atom. The largest absolute Gasteiger partial charge is 0.382 e. The molecule has 0 heterocycles. The highest BCUT2D eigenvalue weighted by atomic mass is 19.3. The fourth-order valence-corrected chi connectivity index (χ4v) is 0.568. The number of alkyl halides is 2. The Bertz CT molecular complexity index is 144. The van der Waals surface area contributed by atoms with Crippen LogP contribution >= 0.6 is 0 Å². The van der Waals surface area contributed by atoms with Crippen molar-refractivity contribution >= 4 is 5.91 Å². The normalized spacial score (nSPS) is 10.5. The van der Waals surface area contributed by atoms with Gasteiger partial charge in [0, 0.05) is 13.7 Å². The van der Waals surface area contributed by atoms with Gasteiger partial charge in [0.1, 0.15) is 0 Å². The number of ether oxygens (including phenoxy) is 2. The van der Waals surface area contributed by atoms with E-state index in [2.05, 4.69) is 4.74 Å². The lowest BCUT2D eigenvalue weighted by Crippen LogP contribution is -2.32. The molecular formula is C7H13F2NO3. The highest BCUT2D eigenvalue weighted by molar-refractivity contribution is 5.78. The first-order valence-electron chi connectivity index (χ1n) is 3.81. The molecule has 78 valence electrons. The van der Waals surface area contributed by atoms with Crippen LogP contribution in [0.2, 0.25) is 0 Å². The number of rotatable bonds is 7. The van der Waals surface area contributed by atoms with Crippen molar-refractivity contribution in [1.82, 2.24) is 5.32 Å². The maximum atomic E-state index is 11.6. The van der Waals surface area contributed by atoms with Gasteiger partial charge < -0.3 is 14.8 Å². The lowest BCUT2D eigenvalue weighted by atomic mass is 10.6. The zero-order valence-electron chi connectivity index (χ0n) is 7.39. The molecule has 0 saturated heterocycles. The van der Waals surface area contributed by atoms with Crippen LogP contribution in [0.3, 0.4) is 0 Å². The molecule has 1 amide bonds. The van der Waals surface area contributed by atoms with E-state index >= 15 is 0 Å². The topological polar surface area (TPSA) is 47.6 Å². The highest BCUT2D eigenvalue weighted by Crippen LogP contribution is 1.89. The van der Waals surface area contributed by atoms with Gasteiger partial charge in [0.05, 0.1) is 19.8 Å². The Morgan fingerprint density at radius 1 is 1.38 bits per heavy atom. The van der Waals surface area contributed by atoms with E-state index in [9.17, 15) is 13.6 Å². The van der Waals surface area contributed by atoms with Crippen molar-refractivity contribution in [3.63, 3.8) is 0 Å². The van der Waals surface area contributed by atoms with Crippen LogP contribution in [-0.4, -0.2) is 45.8 Å². The second kappa shape index (κ2) is 7.88. The summed E-state index contributed by atoms with van der Waals surface area (Å²) in [4.78, 5) is 10.3. The predicted octanol–water partition coefficient (Wildman–Crippen LogP) is 0.0307. The van der Waals surface area contributed by atoms with E-state index < -0.39 is 12.3 Å². The molecule has 0 rings (SSSR count). The molecule has 0 fully saturated rings. The molecule has 0 aliphatic carbocycles. The molecule has 0 unspecified atom stereocenters. The molecule has 0 aliphatic rings. The first-order chi connectivity index (χ1) is 6.18. The third-order valence-corrected chi connectivity index (χ3v) is 1.18. The molecule has 0 aromatic carbocycles. The van der Waals surface area contributed by atoms with Gasteiger partial charge in [-0.25, -0.2) is 0 Å². The zero-order valence-corrected chi connectivity index (χ0v) is 7.39. The van der Waals surface area contributed by atoms with E-state index in [4.69, 9.17) is 4.74 Å². The van der Waals surface area contributed by atoms with E-state index in [0.29, 0.717) is 13.2 Å². The average molecular weight is 197 g/mol. The summed E-state index contributed by atoms with van der Waals surface area (Å²) >= 11 is 0. The molecule has 0 aromatic heterocycles. The molecule has 1 N–H and O–H groups in total. The summed E-state index contributed by atoms with van der Waals surface area (Å²) in [6.07, 6.45) is -2.96. The van der Waals surface area contributed by atoms with Gasteiger partial charge in [0.25, 0.3) is 5.91 Å². The predicted molar refractivity (Wildman–Crippen MR) is 41.7 cm³/mol. The fraction of sp³-hybridized carbons (Fsp3) is 0.857. The van der Waals surface area contributed by atoms with Gasteiger partial charge in [0.15, 0.2) is 0 Å². The number of carbonyl (C=O) groups is 1. The van der Waals surface area contributed by atoms with Crippen molar-refractivity contribution in [3.05, 3.63) is 0 Å². The Labute approximate surface area is 75.2 Å². The minimum absolute atomic E-state index is 0.0902. The summed E-state index contributed by atoms with van der Waals surface area (Å²) in [5.74, 6) is -1.27. The van der Waals surface area contributed by atoms with Crippen LogP contribution in [0.4, 0.5) is 8.78 Å². The molecule has 0 atom stereocenters. The number of nitrogens with one attached hydrogen (secondary N) is 1. The van der Waals surface area contributed by atoms with Gasteiger partial charge in [-0.2, -0.15) is 8.78 Å². The highest BCUT2D eigenvalue weighted by Gasteiger charge is 2.13. The van der Waals surface area contributed by atoms with Crippen molar-refractivity contribution in [2.45, 2.75) is 6.43 Å². The Balaban J connectivity index is 3.12. The monoisotopic (exact) mass is 197 g/mol. The van der Waals surface area contributed by atoms with E-state index in [0.717, 1.165) is 0 Å². The fourth-order valence-electron chi connectivity index (χ4n) is 0.568. The molecule has 0 aromatic rings. The van der Waals surface area contributed by atoms with Gasteiger partial charge in [-0.15, -0.1) is 0 Å². The number of carbonyl (C=O) groups excluding carboxylic acids is 1. The summed E-state index contributed by atoms with van der Waals surface area (Å²) < 4.78 is 32.8. The van der Waals surface area contributed by atoms with Crippen LogP contribution in [0.5, 0.6) is 0 Å². The average Bonchev–Trinajstić information content (AvgIpc) is 2.10. The number of hydrogen-bond donors (Lipinski definition) is 1. The standard InChI is InChI=1S/C7H13F2NO3/c1-12-4-5-13-3-2-10-7(11)6(8)9/h6H,2-5H2,1H3,(H,10,11). The van der Waals surface area contributed by atoms with E-state index in [1.54, 1.807) is 0 Å². The van der Waals surface area contributed by atoms with Crippen molar-refractivity contribution in [1.29, 1.82) is 0 Å². The summed E-state index contributed by atoms with van der Waals surface area (Å²) in [6, 6.07) is 0. The maximum Gasteiger partial charge on any atom is 0.315 e. The first-order valence-corrected chi connectivity index (χ1v) is 3.81. The maximum absolute atomic E-state index is 11.6. The molecule has 0 radical (unpaired) electrons. The summed E-state index contributed by atoms with van der Waals surface area (Å²) in [5, 5.41) is 2.00. The van der Waals surface area contributed by atoms with Crippen molar-refractivity contribution in [2.24, 2.45) is 0 Å². The molecular weight excluding hydrogens is 184 g/mol. The Kier molecular flexibility index (Phi) is 7.42. The molecule has 13 heavy (non-hydrogen) atoms. The van der Waals surface area contributed by atoms with E-state index in [-0.39, 0.29) is 13.2 Å². The summed E-state index contributed by atoms with van der Waals surface area (Å²) in [5.41, 5.74) is 0. The van der Waals surface area contributed by atoms with Gasteiger partial charge in [-0.3, -0.25) is 4.79 Å². The minimum Gasteiger partial charge on any atom is -0.382 e. The van der Waals surface area contributed by atoms with Crippen LogP contribution in [0.25, 0.3) is 0 Å². The molecule has 0 bridgehead atoms. The number of halogens is 2. The summed E-state index contributed by atoms with van der Waals surface area (Å²) in [6.45, 7) is 1.14. The van der Waals surface area contributed by atoms with Crippen molar-refractivity contribution in [2.75, 3.05) is 33.5 Å². The SMILES string of the molecule is COCCOCCNC(=O)C(F)F. The zero-order chi connectivity index (χ0) is 10.1. The lowest BCUT2D eigenvalue weighted by Gasteiger charge is -2.04. The first kappa shape index (κ1) is 12.2. The van der Waals surface area contributed by atoms with E-state index in [1.165, 1.54) is 7.11 Å². The molecule has 0 saturated carbocycles. The quantitative estimate of drug-likeness (QED) is 0.586. The minimum atomic E-state index is -2.96. The summed E-state index contributed by atoms with van der Waals surface area (Å²) in [7, 11) is 1.53. The number of methoxy groups -OCH3 is 1. The third-order valence-electron chi connectivity index (χ3n) is 1.18. The van der Waals surface area contributed by atoms with Gasteiger partial charge in [-0.1, -0.05) is 0 Å². The Morgan fingerprint density at radius 3 is 2.62 bits per heavy atom. The second-order valence-corrected chi connectivity index (χ2v) is 2.20. The second-order valence-electron chi connectivity index (χ2n) is 2.20. The van der Waals surface area contributed by atoms with Crippen LogP contribution in [-0.2, 0) is 14.3 Å². The molecule has 0 aliphatic heterocycles. The van der Waals surface area contributed by atoms with Crippen molar-refractivity contribution in [3.8, 4) is 0 Å². The third kappa shape index (κ3) is 7.61. The lowest BCUT2D eigenvalue weighted by molar-refractivity contribution is -0.131.